The highest BCUT2D eigenvalue weighted by Crippen LogP contribution is 2.16. The normalized spacial score (nSPS) is 11.1. The van der Waals surface area contributed by atoms with E-state index in [9.17, 15) is 4.79 Å². The van der Waals surface area contributed by atoms with Crippen LogP contribution in [0.5, 0.6) is 0 Å². The minimum absolute atomic E-state index is 0.0662. The summed E-state index contributed by atoms with van der Waals surface area (Å²) in [7, 11) is 0. The first-order chi connectivity index (χ1) is 9.10. The number of anilines is 1. The van der Waals surface area contributed by atoms with Gasteiger partial charge in [-0.15, -0.1) is 0 Å². The molecule has 0 saturated carbocycles. The van der Waals surface area contributed by atoms with E-state index < -0.39 is 0 Å². The summed E-state index contributed by atoms with van der Waals surface area (Å²) in [5.74, 6) is 0.0662. The Morgan fingerprint density at radius 3 is 2.37 bits per heavy atom. The summed E-state index contributed by atoms with van der Waals surface area (Å²) in [6, 6.07) is 9.81. The van der Waals surface area contributed by atoms with Crippen molar-refractivity contribution in [3.05, 3.63) is 30.3 Å². The Balaban J connectivity index is 2.80. The number of likely N-dealkylation sites (N-methyl/N-ethyl adjacent to an activating group) is 1. The van der Waals surface area contributed by atoms with E-state index in [0.717, 1.165) is 12.2 Å². The second-order valence-corrected chi connectivity index (χ2v) is 4.79. The maximum Gasteiger partial charge on any atom is 0.241 e. The Hall–Kier alpha value is -1.39. The monoisotopic (exact) mass is 264 g/mol. The van der Waals surface area contributed by atoms with E-state index in [1.165, 1.54) is 0 Å². The van der Waals surface area contributed by atoms with E-state index >= 15 is 0 Å². The van der Waals surface area contributed by atoms with Crippen molar-refractivity contribution >= 4 is 11.6 Å². The van der Waals surface area contributed by atoms with Crippen molar-refractivity contribution in [2.75, 3.05) is 31.1 Å². The zero-order chi connectivity index (χ0) is 14.3. The Labute approximate surface area is 115 Å². The molecule has 0 atom stereocenters. The van der Waals surface area contributed by atoms with Crippen LogP contribution in [-0.2, 0) is 4.79 Å². The van der Waals surface area contributed by atoms with Gasteiger partial charge in [-0.25, -0.2) is 0 Å². The molecule has 0 heterocycles. The van der Waals surface area contributed by atoms with Gasteiger partial charge in [0, 0.05) is 18.3 Å². The van der Waals surface area contributed by atoms with Gasteiger partial charge in [0.25, 0.3) is 0 Å². The minimum Gasteiger partial charge on any atom is -0.395 e. The summed E-state index contributed by atoms with van der Waals surface area (Å²) < 4.78 is 0. The van der Waals surface area contributed by atoms with Gasteiger partial charge in [0.2, 0.25) is 5.91 Å². The van der Waals surface area contributed by atoms with Crippen molar-refractivity contribution in [1.29, 1.82) is 0 Å². The van der Waals surface area contributed by atoms with Crippen LogP contribution in [-0.4, -0.2) is 48.2 Å². The van der Waals surface area contributed by atoms with Crippen LogP contribution in [0.1, 0.15) is 20.8 Å². The molecule has 19 heavy (non-hydrogen) atoms. The van der Waals surface area contributed by atoms with Crippen molar-refractivity contribution in [3.63, 3.8) is 0 Å². The predicted octanol–water partition coefficient (Wildman–Crippen LogP) is 1.74. The molecule has 1 aromatic rings. The van der Waals surface area contributed by atoms with E-state index in [2.05, 4.69) is 0 Å². The van der Waals surface area contributed by atoms with Gasteiger partial charge in [-0.2, -0.15) is 0 Å². The topological polar surface area (TPSA) is 43.8 Å². The Morgan fingerprint density at radius 1 is 1.26 bits per heavy atom. The number of para-hydroxylation sites is 1. The minimum atomic E-state index is 0.0662. The van der Waals surface area contributed by atoms with Gasteiger partial charge in [0.05, 0.1) is 13.2 Å². The molecule has 0 spiro atoms. The number of carbonyl (C=O) groups is 1. The molecule has 1 amide bonds. The lowest BCUT2D eigenvalue weighted by atomic mass is 10.2. The molecule has 4 heteroatoms. The highest BCUT2D eigenvalue weighted by Gasteiger charge is 2.20. The number of rotatable bonds is 7. The number of hydrogen-bond donors (Lipinski definition) is 1. The lowest BCUT2D eigenvalue weighted by Gasteiger charge is -2.29. The molecule has 1 N–H and O–H groups in total. The maximum absolute atomic E-state index is 12.4. The highest BCUT2D eigenvalue weighted by molar-refractivity contribution is 5.95. The second kappa shape index (κ2) is 7.92. The predicted molar refractivity (Wildman–Crippen MR) is 78.3 cm³/mol. The van der Waals surface area contributed by atoms with Crippen molar-refractivity contribution in [2.24, 2.45) is 0 Å². The van der Waals surface area contributed by atoms with Crippen molar-refractivity contribution < 1.29 is 9.90 Å². The SMILES string of the molecule is CCN(CCO)CC(=O)N(c1ccccc1)C(C)C. The quantitative estimate of drug-likeness (QED) is 0.816. The number of aliphatic hydroxyl groups is 1. The van der Waals surface area contributed by atoms with Crippen LogP contribution in [0.4, 0.5) is 5.69 Å². The molecule has 0 aliphatic carbocycles. The number of carbonyl (C=O) groups excluding carboxylic acids is 1. The summed E-state index contributed by atoms with van der Waals surface area (Å²) in [5, 5.41) is 8.98. The summed E-state index contributed by atoms with van der Waals surface area (Å²) in [4.78, 5) is 16.2. The third kappa shape index (κ3) is 4.65. The summed E-state index contributed by atoms with van der Waals surface area (Å²) in [6.07, 6.45) is 0. The Bertz CT molecular complexity index is 379. The molecule has 0 aliphatic rings. The van der Waals surface area contributed by atoms with Crippen LogP contribution in [0.25, 0.3) is 0 Å². The first kappa shape index (κ1) is 15.7. The molecule has 0 fully saturated rings. The largest absolute Gasteiger partial charge is 0.395 e. The fraction of sp³-hybridized carbons (Fsp3) is 0.533. The average Bonchev–Trinajstić information content (AvgIpc) is 2.39. The average molecular weight is 264 g/mol. The van der Waals surface area contributed by atoms with Crippen molar-refractivity contribution in [1.82, 2.24) is 4.90 Å². The van der Waals surface area contributed by atoms with Gasteiger partial charge in [-0.1, -0.05) is 25.1 Å². The molecular formula is C15H24N2O2. The Morgan fingerprint density at radius 2 is 1.89 bits per heavy atom. The van der Waals surface area contributed by atoms with Crippen molar-refractivity contribution in [2.45, 2.75) is 26.8 Å². The molecule has 4 nitrogen and oxygen atoms in total. The van der Waals surface area contributed by atoms with E-state index in [0.29, 0.717) is 13.1 Å². The van der Waals surface area contributed by atoms with Gasteiger partial charge in [0.1, 0.15) is 0 Å². The second-order valence-electron chi connectivity index (χ2n) is 4.79. The smallest absolute Gasteiger partial charge is 0.241 e. The zero-order valence-corrected chi connectivity index (χ0v) is 12.0. The van der Waals surface area contributed by atoms with Crippen LogP contribution >= 0.6 is 0 Å². The van der Waals surface area contributed by atoms with E-state index in [1.54, 1.807) is 4.90 Å². The maximum atomic E-state index is 12.4. The molecule has 0 radical (unpaired) electrons. The Kier molecular flexibility index (Phi) is 6.53. The molecule has 1 aromatic carbocycles. The van der Waals surface area contributed by atoms with E-state index in [4.69, 9.17) is 5.11 Å². The molecule has 0 aliphatic heterocycles. The standard InChI is InChI=1S/C15H24N2O2/c1-4-16(10-11-18)12-15(19)17(13(2)3)14-8-6-5-7-9-14/h5-9,13,18H,4,10-12H2,1-3H3. The first-order valence-electron chi connectivity index (χ1n) is 6.80. The molecule has 0 aromatic heterocycles. The third-order valence-electron chi connectivity index (χ3n) is 3.04. The van der Waals surface area contributed by atoms with Crippen LogP contribution < -0.4 is 4.90 Å². The highest BCUT2D eigenvalue weighted by atomic mass is 16.3. The molecule has 0 unspecified atom stereocenters. The van der Waals surface area contributed by atoms with E-state index in [-0.39, 0.29) is 18.6 Å². The van der Waals surface area contributed by atoms with Gasteiger partial charge in [0.15, 0.2) is 0 Å². The number of amides is 1. The van der Waals surface area contributed by atoms with Crippen LogP contribution in [0.15, 0.2) is 30.3 Å². The van der Waals surface area contributed by atoms with Crippen molar-refractivity contribution in [3.8, 4) is 0 Å². The van der Waals surface area contributed by atoms with Gasteiger partial charge >= 0.3 is 0 Å². The number of aliphatic hydroxyl groups excluding tert-OH is 1. The lowest BCUT2D eigenvalue weighted by Crippen LogP contribution is -2.44. The number of nitrogens with zero attached hydrogens (tertiary/aromatic N) is 2. The first-order valence-corrected chi connectivity index (χ1v) is 6.80. The molecule has 106 valence electrons. The van der Waals surface area contributed by atoms with Gasteiger partial charge in [-0.3, -0.25) is 9.69 Å². The van der Waals surface area contributed by atoms with Crippen LogP contribution in [0, 0.1) is 0 Å². The van der Waals surface area contributed by atoms with Crippen LogP contribution in [0.2, 0.25) is 0 Å². The molecule has 1 rings (SSSR count). The van der Waals surface area contributed by atoms with Crippen LogP contribution in [0.3, 0.4) is 0 Å². The number of hydrogen-bond acceptors (Lipinski definition) is 3. The van der Waals surface area contributed by atoms with Gasteiger partial charge < -0.3 is 10.0 Å². The van der Waals surface area contributed by atoms with Gasteiger partial charge in [-0.05, 0) is 32.5 Å². The summed E-state index contributed by atoms with van der Waals surface area (Å²) >= 11 is 0. The molecular weight excluding hydrogens is 240 g/mol. The molecule has 0 bridgehead atoms. The fourth-order valence-corrected chi connectivity index (χ4v) is 2.08. The lowest BCUT2D eigenvalue weighted by molar-refractivity contribution is -0.120. The van der Waals surface area contributed by atoms with E-state index in [1.807, 2.05) is 56.0 Å². The summed E-state index contributed by atoms with van der Waals surface area (Å²) in [5.41, 5.74) is 0.919. The number of benzene rings is 1. The fourth-order valence-electron chi connectivity index (χ4n) is 2.08. The molecule has 0 saturated heterocycles. The summed E-state index contributed by atoms with van der Waals surface area (Å²) in [6.45, 7) is 7.71. The zero-order valence-electron chi connectivity index (χ0n) is 12.0. The third-order valence-corrected chi connectivity index (χ3v) is 3.04.